The molecule has 0 radical (unpaired) electrons. The number of rotatable bonds is 5. The maximum Gasteiger partial charge on any atom is 0.323 e. The molecule has 1 aliphatic heterocycles. The van der Waals surface area contributed by atoms with E-state index in [0.717, 1.165) is 4.90 Å². The first-order valence-corrected chi connectivity index (χ1v) is 5.95. The monoisotopic (exact) mass is 274 g/mol. The molecule has 0 spiro atoms. The second kappa shape index (κ2) is 6.93. The lowest BCUT2D eigenvalue weighted by Crippen LogP contribution is -2.50. The summed E-state index contributed by atoms with van der Waals surface area (Å²) in [5, 5.41) is 17.4. The molecule has 0 unspecified atom stereocenters. The van der Waals surface area contributed by atoms with E-state index in [-0.39, 0.29) is 6.04 Å². The van der Waals surface area contributed by atoms with Gasteiger partial charge in [0.1, 0.15) is 13.1 Å². The van der Waals surface area contributed by atoms with Crippen LogP contribution in [0.1, 0.15) is 12.8 Å². The van der Waals surface area contributed by atoms with E-state index in [9.17, 15) is 14.4 Å². The Hall–Kier alpha value is -1.83. The van der Waals surface area contributed by atoms with Crippen LogP contribution in [-0.4, -0.2) is 77.4 Å². The van der Waals surface area contributed by atoms with Gasteiger partial charge in [0.2, 0.25) is 0 Å². The fourth-order valence-electron chi connectivity index (χ4n) is 1.97. The van der Waals surface area contributed by atoms with E-state index in [1.165, 1.54) is 4.90 Å². The van der Waals surface area contributed by atoms with Crippen molar-refractivity contribution in [2.75, 3.05) is 33.4 Å². The van der Waals surface area contributed by atoms with Gasteiger partial charge in [-0.3, -0.25) is 9.59 Å². The first-order valence-electron chi connectivity index (χ1n) is 5.95. The zero-order valence-corrected chi connectivity index (χ0v) is 10.7. The van der Waals surface area contributed by atoms with E-state index in [4.69, 9.17) is 14.9 Å². The first kappa shape index (κ1) is 15.2. The number of carboxylic acid groups (broad SMARTS) is 2. The van der Waals surface area contributed by atoms with Gasteiger partial charge >= 0.3 is 18.0 Å². The van der Waals surface area contributed by atoms with Gasteiger partial charge in [-0.05, 0) is 12.8 Å². The van der Waals surface area contributed by atoms with Crippen LogP contribution in [0.2, 0.25) is 0 Å². The van der Waals surface area contributed by atoms with E-state index in [1.54, 1.807) is 7.05 Å². The molecule has 0 aliphatic carbocycles. The first-order chi connectivity index (χ1) is 8.91. The van der Waals surface area contributed by atoms with Crippen LogP contribution in [-0.2, 0) is 14.3 Å². The van der Waals surface area contributed by atoms with Crippen molar-refractivity contribution < 1.29 is 29.3 Å². The third kappa shape index (κ3) is 4.74. The van der Waals surface area contributed by atoms with Crippen molar-refractivity contribution in [3.05, 3.63) is 0 Å². The predicted molar refractivity (Wildman–Crippen MR) is 63.8 cm³/mol. The van der Waals surface area contributed by atoms with Crippen LogP contribution in [0, 0.1) is 0 Å². The molecule has 0 saturated carbocycles. The number of carbonyl (C=O) groups excluding carboxylic acids is 1. The van der Waals surface area contributed by atoms with Gasteiger partial charge in [-0.1, -0.05) is 0 Å². The molecule has 8 nitrogen and oxygen atoms in total. The van der Waals surface area contributed by atoms with Gasteiger partial charge in [0.25, 0.3) is 0 Å². The van der Waals surface area contributed by atoms with Gasteiger partial charge in [0.15, 0.2) is 0 Å². The Morgan fingerprint density at radius 2 is 1.58 bits per heavy atom. The lowest BCUT2D eigenvalue weighted by molar-refractivity contribution is -0.140. The third-order valence-electron chi connectivity index (χ3n) is 2.96. The van der Waals surface area contributed by atoms with Crippen LogP contribution in [0.15, 0.2) is 0 Å². The Bertz CT molecular complexity index is 337. The maximum atomic E-state index is 12.1. The quantitative estimate of drug-likeness (QED) is 0.712. The molecule has 19 heavy (non-hydrogen) atoms. The average Bonchev–Trinajstić information content (AvgIpc) is 2.36. The molecule has 1 fully saturated rings. The van der Waals surface area contributed by atoms with Gasteiger partial charge in [-0.15, -0.1) is 0 Å². The van der Waals surface area contributed by atoms with E-state index in [0.29, 0.717) is 26.1 Å². The summed E-state index contributed by atoms with van der Waals surface area (Å²) < 4.78 is 5.18. The average molecular weight is 274 g/mol. The predicted octanol–water partition coefficient (Wildman–Crippen LogP) is -0.312. The summed E-state index contributed by atoms with van der Waals surface area (Å²) in [4.78, 5) is 35.6. The minimum atomic E-state index is -1.24. The van der Waals surface area contributed by atoms with Crippen molar-refractivity contribution in [1.82, 2.24) is 9.80 Å². The molecule has 2 amide bonds. The number of aliphatic carboxylic acids is 2. The van der Waals surface area contributed by atoms with Gasteiger partial charge in [-0.2, -0.15) is 0 Å². The second-order valence-corrected chi connectivity index (χ2v) is 4.38. The minimum absolute atomic E-state index is 0.0497. The summed E-state index contributed by atoms with van der Waals surface area (Å²) in [6, 6.07) is -0.636. The number of ether oxygens (including phenoxy) is 1. The highest BCUT2D eigenvalue weighted by Crippen LogP contribution is 2.14. The Morgan fingerprint density at radius 3 is 2.00 bits per heavy atom. The number of urea groups is 1. The summed E-state index contributed by atoms with van der Waals surface area (Å²) in [6.45, 7) is -0.169. The molecular formula is C11H18N2O6. The van der Waals surface area contributed by atoms with Crippen LogP contribution in [0.25, 0.3) is 0 Å². The van der Waals surface area contributed by atoms with Crippen LogP contribution < -0.4 is 0 Å². The van der Waals surface area contributed by atoms with Gasteiger partial charge < -0.3 is 24.7 Å². The Labute approximate surface area is 110 Å². The van der Waals surface area contributed by atoms with E-state index < -0.39 is 31.1 Å². The summed E-state index contributed by atoms with van der Waals surface area (Å²) in [6.07, 6.45) is 1.33. The third-order valence-corrected chi connectivity index (χ3v) is 2.96. The lowest BCUT2D eigenvalue weighted by atomic mass is 10.1. The normalized spacial score (nSPS) is 15.8. The van der Waals surface area contributed by atoms with Crippen LogP contribution in [0.5, 0.6) is 0 Å². The molecule has 1 heterocycles. The number of carboxylic acids is 2. The van der Waals surface area contributed by atoms with E-state index in [2.05, 4.69) is 0 Å². The molecule has 0 aromatic rings. The Kier molecular flexibility index (Phi) is 5.56. The van der Waals surface area contributed by atoms with E-state index >= 15 is 0 Å². The summed E-state index contributed by atoms with van der Waals surface area (Å²) in [7, 11) is 1.55. The SMILES string of the molecule is CN(C(=O)N(CC(=O)O)CC(=O)O)C1CCOCC1. The van der Waals surface area contributed by atoms with Crippen molar-refractivity contribution in [2.45, 2.75) is 18.9 Å². The second-order valence-electron chi connectivity index (χ2n) is 4.38. The number of carbonyl (C=O) groups is 3. The molecular weight excluding hydrogens is 256 g/mol. The molecule has 8 heteroatoms. The summed E-state index contributed by atoms with van der Waals surface area (Å²) in [5.41, 5.74) is 0. The van der Waals surface area contributed by atoms with Crippen LogP contribution in [0.3, 0.4) is 0 Å². The Balaban J connectivity index is 2.67. The van der Waals surface area contributed by atoms with Gasteiger partial charge in [-0.25, -0.2) is 4.79 Å². The molecule has 0 aromatic heterocycles. The van der Waals surface area contributed by atoms with Crippen molar-refractivity contribution >= 4 is 18.0 Å². The van der Waals surface area contributed by atoms with Crippen molar-refractivity contribution in [3.63, 3.8) is 0 Å². The topological polar surface area (TPSA) is 107 Å². The van der Waals surface area contributed by atoms with Gasteiger partial charge in [0, 0.05) is 26.3 Å². The maximum absolute atomic E-state index is 12.1. The molecule has 0 aromatic carbocycles. The summed E-state index contributed by atoms with van der Waals surface area (Å²) in [5.74, 6) is -2.48. The standard InChI is InChI=1S/C11H18N2O6/c1-12(8-2-4-19-5-3-8)11(18)13(6-9(14)15)7-10(16)17/h8H,2-7H2,1H3,(H,14,15)(H,16,17). The molecule has 1 aliphatic rings. The van der Waals surface area contributed by atoms with Crippen molar-refractivity contribution in [3.8, 4) is 0 Å². The Morgan fingerprint density at radius 1 is 1.11 bits per heavy atom. The zero-order valence-electron chi connectivity index (χ0n) is 10.7. The smallest absolute Gasteiger partial charge is 0.323 e. The number of amides is 2. The molecule has 0 atom stereocenters. The van der Waals surface area contributed by atoms with Crippen molar-refractivity contribution in [1.29, 1.82) is 0 Å². The number of nitrogens with zero attached hydrogens (tertiary/aromatic N) is 2. The fourth-order valence-corrected chi connectivity index (χ4v) is 1.97. The van der Waals surface area contributed by atoms with Gasteiger partial charge in [0.05, 0.1) is 0 Å². The minimum Gasteiger partial charge on any atom is -0.480 e. The van der Waals surface area contributed by atoms with E-state index in [1.807, 2.05) is 0 Å². The van der Waals surface area contributed by atoms with Crippen LogP contribution in [0.4, 0.5) is 4.79 Å². The largest absolute Gasteiger partial charge is 0.480 e. The molecule has 0 bridgehead atoms. The zero-order chi connectivity index (χ0) is 14.4. The highest BCUT2D eigenvalue weighted by Gasteiger charge is 2.28. The highest BCUT2D eigenvalue weighted by molar-refractivity contribution is 5.84. The number of hydrogen-bond acceptors (Lipinski definition) is 4. The lowest BCUT2D eigenvalue weighted by Gasteiger charge is -2.34. The van der Waals surface area contributed by atoms with Crippen LogP contribution >= 0.6 is 0 Å². The fraction of sp³-hybridized carbons (Fsp3) is 0.727. The number of hydrogen-bond donors (Lipinski definition) is 2. The molecule has 1 saturated heterocycles. The molecule has 1 rings (SSSR count). The highest BCUT2D eigenvalue weighted by atomic mass is 16.5. The molecule has 2 N–H and O–H groups in total. The summed E-state index contributed by atoms with van der Waals surface area (Å²) >= 11 is 0. The molecule has 108 valence electrons. The van der Waals surface area contributed by atoms with Crippen molar-refractivity contribution in [2.24, 2.45) is 0 Å².